The van der Waals surface area contributed by atoms with Crippen molar-refractivity contribution in [2.75, 3.05) is 4.90 Å². The Morgan fingerprint density at radius 3 is 2.35 bits per heavy atom. The molecular weight excluding hydrogens is 444 g/mol. The van der Waals surface area contributed by atoms with Gasteiger partial charge in [0.15, 0.2) is 5.78 Å². The number of nitrogens with one attached hydrogen (secondary N) is 1. The number of halogens is 1. The summed E-state index contributed by atoms with van der Waals surface area (Å²) in [7, 11) is 0. The molecule has 170 valence electrons. The molecule has 5 rings (SSSR count). The van der Waals surface area contributed by atoms with E-state index in [2.05, 4.69) is 0 Å². The normalized spacial score (nSPS) is 19.8. The fourth-order valence-corrected chi connectivity index (χ4v) is 5.10. The molecule has 0 saturated carbocycles. The van der Waals surface area contributed by atoms with Crippen LogP contribution in [0.15, 0.2) is 95.7 Å². The second-order valence-electron chi connectivity index (χ2n) is 8.73. The molecule has 2 N–H and O–H groups in total. The van der Waals surface area contributed by atoms with Crippen LogP contribution in [-0.4, -0.2) is 16.7 Å². The highest BCUT2D eigenvalue weighted by molar-refractivity contribution is 6.32. The van der Waals surface area contributed by atoms with E-state index < -0.39 is 5.92 Å². The van der Waals surface area contributed by atoms with Crippen LogP contribution in [0.5, 0.6) is 0 Å². The summed E-state index contributed by atoms with van der Waals surface area (Å²) in [4.78, 5) is 15.2. The molecule has 0 fully saturated rings. The van der Waals surface area contributed by atoms with Crippen LogP contribution in [0, 0.1) is 12.3 Å². The van der Waals surface area contributed by atoms with Crippen molar-refractivity contribution in [2.24, 2.45) is 0 Å². The van der Waals surface area contributed by atoms with Crippen molar-refractivity contribution >= 4 is 34.7 Å². The lowest BCUT2D eigenvalue weighted by atomic mass is 9.73. The maximum absolute atomic E-state index is 13.4. The third kappa shape index (κ3) is 3.74. The molecule has 0 amide bonds. The minimum absolute atomic E-state index is 0.00702. The molecule has 5 heteroatoms. The van der Waals surface area contributed by atoms with Gasteiger partial charge in [0.2, 0.25) is 0 Å². The minimum Gasteiger partial charge on any atom is -0.507 e. The summed E-state index contributed by atoms with van der Waals surface area (Å²) in [6.45, 7) is 1.93. The molecule has 0 bridgehead atoms. The number of aryl methyl sites for hydroxylation is 1. The van der Waals surface area contributed by atoms with Crippen LogP contribution in [0.4, 0.5) is 5.69 Å². The molecule has 4 nitrogen and oxygen atoms in total. The zero-order valence-electron chi connectivity index (χ0n) is 18.9. The molecule has 0 radical (unpaired) electrons. The Kier molecular flexibility index (Phi) is 5.84. The van der Waals surface area contributed by atoms with Crippen molar-refractivity contribution in [1.29, 1.82) is 5.41 Å². The predicted molar refractivity (Wildman–Crippen MR) is 137 cm³/mol. The Balaban J connectivity index is 1.83. The first kappa shape index (κ1) is 22.2. The number of Topliss-reactive ketones (excluding diaryl/α,β-unsaturated/α-hetero) is 1. The van der Waals surface area contributed by atoms with E-state index in [1.54, 1.807) is 4.90 Å². The van der Waals surface area contributed by atoms with Gasteiger partial charge in [0.25, 0.3) is 0 Å². The Morgan fingerprint density at radius 1 is 1.00 bits per heavy atom. The number of carbonyl (C=O) groups excluding carboxylic acids is 1. The fourth-order valence-electron chi connectivity index (χ4n) is 4.93. The number of benzene rings is 3. The SMILES string of the molecule is Cc1ccc(N2C(=N)/C(=C(/O)c3ccccc3)[C@H](c3ccccc3)C3=C2CCCC3=O)cc1Cl. The number of aliphatic hydroxyl groups is 1. The van der Waals surface area contributed by atoms with Crippen molar-refractivity contribution in [3.05, 3.63) is 117 Å². The minimum atomic E-state index is -0.520. The summed E-state index contributed by atoms with van der Waals surface area (Å²) in [6.07, 6.45) is 1.86. The number of carbonyl (C=O) groups is 1. The van der Waals surface area contributed by atoms with Gasteiger partial charge in [-0.05, 0) is 43.0 Å². The Bertz CT molecular complexity index is 1340. The maximum atomic E-state index is 13.4. The van der Waals surface area contributed by atoms with Gasteiger partial charge in [-0.2, -0.15) is 0 Å². The van der Waals surface area contributed by atoms with Crippen molar-refractivity contribution in [3.63, 3.8) is 0 Å². The highest BCUT2D eigenvalue weighted by atomic mass is 35.5. The monoisotopic (exact) mass is 468 g/mol. The maximum Gasteiger partial charge on any atom is 0.161 e. The molecular formula is C29H25ClN2O2. The van der Waals surface area contributed by atoms with E-state index in [1.807, 2.05) is 85.8 Å². The first-order chi connectivity index (χ1) is 16.5. The van der Waals surface area contributed by atoms with Gasteiger partial charge in [-0.25, -0.2) is 0 Å². The van der Waals surface area contributed by atoms with E-state index in [0.717, 1.165) is 23.2 Å². The van der Waals surface area contributed by atoms with Gasteiger partial charge in [0.05, 0.1) is 0 Å². The van der Waals surface area contributed by atoms with E-state index >= 15 is 0 Å². The second kappa shape index (κ2) is 8.96. The van der Waals surface area contributed by atoms with Crippen molar-refractivity contribution < 1.29 is 9.90 Å². The summed E-state index contributed by atoms with van der Waals surface area (Å²) < 4.78 is 0. The third-order valence-electron chi connectivity index (χ3n) is 6.60. The number of hydrogen-bond donors (Lipinski definition) is 2. The number of rotatable bonds is 3. The average molecular weight is 469 g/mol. The zero-order valence-corrected chi connectivity index (χ0v) is 19.6. The lowest BCUT2D eigenvalue weighted by Gasteiger charge is -2.42. The van der Waals surface area contributed by atoms with Crippen LogP contribution in [0.25, 0.3) is 5.76 Å². The van der Waals surface area contributed by atoms with Crippen LogP contribution in [0.2, 0.25) is 5.02 Å². The molecule has 34 heavy (non-hydrogen) atoms. The summed E-state index contributed by atoms with van der Waals surface area (Å²) in [5, 5.41) is 21.5. The molecule has 0 unspecified atom stereocenters. The molecule has 0 spiro atoms. The molecule has 3 aromatic rings. The molecule has 1 heterocycles. The molecule has 1 atom stereocenters. The van der Waals surface area contributed by atoms with Crippen LogP contribution in [-0.2, 0) is 4.79 Å². The van der Waals surface area contributed by atoms with E-state index in [4.69, 9.17) is 11.6 Å². The Morgan fingerprint density at radius 2 is 1.68 bits per heavy atom. The molecule has 0 aromatic heterocycles. The van der Waals surface area contributed by atoms with Crippen LogP contribution >= 0.6 is 11.6 Å². The van der Waals surface area contributed by atoms with Crippen molar-refractivity contribution in [2.45, 2.75) is 32.1 Å². The third-order valence-corrected chi connectivity index (χ3v) is 7.01. The van der Waals surface area contributed by atoms with Gasteiger partial charge in [-0.15, -0.1) is 0 Å². The van der Waals surface area contributed by atoms with Crippen LogP contribution in [0.1, 0.15) is 41.9 Å². The smallest absolute Gasteiger partial charge is 0.161 e. The predicted octanol–water partition coefficient (Wildman–Crippen LogP) is 7.21. The van der Waals surface area contributed by atoms with Crippen molar-refractivity contribution in [1.82, 2.24) is 0 Å². The van der Waals surface area contributed by atoms with E-state index in [1.165, 1.54) is 0 Å². The summed E-state index contributed by atoms with van der Waals surface area (Å²) >= 11 is 6.46. The number of ketones is 1. The molecule has 1 aliphatic heterocycles. The Hall–Kier alpha value is -3.63. The first-order valence-electron chi connectivity index (χ1n) is 11.4. The van der Waals surface area contributed by atoms with Crippen molar-refractivity contribution in [3.8, 4) is 0 Å². The number of hydrogen-bond acceptors (Lipinski definition) is 3. The van der Waals surface area contributed by atoms with Gasteiger partial charge in [-0.3, -0.25) is 15.1 Å². The molecule has 0 saturated heterocycles. The highest BCUT2D eigenvalue weighted by Gasteiger charge is 2.43. The number of amidine groups is 1. The topological polar surface area (TPSA) is 64.4 Å². The van der Waals surface area contributed by atoms with Crippen LogP contribution in [0.3, 0.4) is 0 Å². The molecule has 1 aliphatic carbocycles. The summed E-state index contributed by atoms with van der Waals surface area (Å²) in [6, 6.07) is 24.6. The fraction of sp³-hybridized carbons (Fsp3) is 0.172. The van der Waals surface area contributed by atoms with E-state index in [9.17, 15) is 15.3 Å². The average Bonchev–Trinajstić information content (AvgIpc) is 2.86. The number of nitrogens with zero attached hydrogens (tertiary/aromatic N) is 1. The first-order valence-corrected chi connectivity index (χ1v) is 11.8. The lowest BCUT2D eigenvalue weighted by Crippen LogP contribution is -2.42. The second-order valence-corrected chi connectivity index (χ2v) is 9.13. The molecule has 3 aromatic carbocycles. The van der Waals surface area contributed by atoms with Gasteiger partial charge < -0.3 is 5.11 Å². The Labute approximate surface area is 204 Å². The van der Waals surface area contributed by atoms with Gasteiger partial charge >= 0.3 is 0 Å². The number of anilines is 1. The molecule has 2 aliphatic rings. The standard InChI is InChI=1S/C29H25ClN2O2/c1-18-15-16-21(17-22(18)30)32-23-13-8-14-24(33)26(23)25(19-9-4-2-5-10-19)27(29(32)31)28(34)20-11-6-3-7-12-20/h2-7,9-12,15-17,25,31,34H,8,13-14H2,1H3/b28-27+,31-29?/t25-/m1/s1. The number of aliphatic hydroxyl groups excluding tert-OH is 1. The lowest BCUT2D eigenvalue weighted by molar-refractivity contribution is -0.116. The van der Waals surface area contributed by atoms with Gasteiger partial charge in [-0.1, -0.05) is 78.3 Å². The van der Waals surface area contributed by atoms with E-state index in [-0.39, 0.29) is 17.4 Å². The largest absolute Gasteiger partial charge is 0.507 e. The quantitative estimate of drug-likeness (QED) is 0.399. The number of allylic oxidation sites excluding steroid dienone is 2. The van der Waals surface area contributed by atoms with Gasteiger partial charge in [0, 0.05) is 45.5 Å². The summed E-state index contributed by atoms with van der Waals surface area (Å²) in [5.41, 5.74) is 5.04. The highest BCUT2D eigenvalue weighted by Crippen LogP contribution is 2.48. The van der Waals surface area contributed by atoms with E-state index in [0.29, 0.717) is 40.3 Å². The summed E-state index contributed by atoms with van der Waals surface area (Å²) in [5.74, 6) is -0.297. The zero-order chi connectivity index (χ0) is 23.8. The van der Waals surface area contributed by atoms with Crippen LogP contribution < -0.4 is 4.90 Å². The van der Waals surface area contributed by atoms with Gasteiger partial charge in [0.1, 0.15) is 11.6 Å².